The fourth-order valence-electron chi connectivity index (χ4n) is 2.19. The van der Waals surface area contributed by atoms with Gasteiger partial charge in [0.25, 0.3) is 11.6 Å². The third-order valence-corrected chi connectivity index (χ3v) is 3.61. The zero-order valence-electron chi connectivity index (χ0n) is 14.9. The van der Waals surface area contributed by atoms with Gasteiger partial charge in [0, 0.05) is 12.1 Å². The SMILES string of the molecule is COC(=O)c1ccc(O[C@@H](C)C(=O)Nc2cc([N+](=O)[O-])ccc2OC)cc1. The molecule has 1 N–H and O–H groups in total. The lowest BCUT2D eigenvalue weighted by atomic mass is 10.2. The summed E-state index contributed by atoms with van der Waals surface area (Å²) in [4.78, 5) is 34.1. The van der Waals surface area contributed by atoms with Crippen molar-refractivity contribution in [2.45, 2.75) is 13.0 Å². The fraction of sp³-hybridized carbons (Fsp3) is 0.222. The standard InChI is InChI=1S/C18H18N2O7/c1-11(27-14-7-4-12(5-8-14)18(22)26-3)17(21)19-15-10-13(20(23)24)6-9-16(15)25-2/h4-11H,1-3H3,(H,19,21)/t11-/m0/s1. The van der Waals surface area contributed by atoms with Crippen LogP contribution in [0.3, 0.4) is 0 Å². The first kappa shape index (κ1) is 19.7. The number of ether oxygens (including phenoxy) is 3. The van der Waals surface area contributed by atoms with Crippen molar-refractivity contribution in [2.24, 2.45) is 0 Å². The summed E-state index contributed by atoms with van der Waals surface area (Å²) in [6.07, 6.45) is -0.905. The minimum absolute atomic E-state index is 0.160. The molecule has 0 bridgehead atoms. The van der Waals surface area contributed by atoms with Gasteiger partial charge in [-0.1, -0.05) is 0 Å². The van der Waals surface area contributed by atoms with E-state index in [9.17, 15) is 19.7 Å². The Kier molecular flexibility index (Phi) is 6.32. The molecule has 0 aliphatic heterocycles. The second kappa shape index (κ2) is 8.65. The molecule has 0 aromatic heterocycles. The van der Waals surface area contributed by atoms with Gasteiger partial charge in [0.15, 0.2) is 6.10 Å². The molecule has 0 radical (unpaired) electrons. The van der Waals surface area contributed by atoms with E-state index in [0.29, 0.717) is 11.3 Å². The Morgan fingerprint density at radius 2 is 1.78 bits per heavy atom. The lowest BCUT2D eigenvalue weighted by molar-refractivity contribution is -0.384. The van der Waals surface area contributed by atoms with Crippen LogP contribution in [0.1, 0.15) is 17.3 Å². The molecule has 1 amide bonds. The van der Waals surface area contributed by atoms with Crippen molar-refractivity contribution in [3.05, 3.63) is 58.1 Å². The van der Waals surface area contributed by atoms with Crippen LogP contribution in [0, 0.1) is 10.1 Å². The molecule has 0 spiro atoms. The number of nitrogens with one attached hydrogen (secondary N) is 1. The van der Waals surface area contributed by atoms with E-state index in [1.165, 1.54) is 63.6 Å². The first-order valence-electron chi connectivity index (χ1n) is 7.84. The van der Waals surface area contributed by atoms with E-state index in [-0.39, 0.29) is 17.1 Å². The van der Waals surface area contributed by atoms with Gasteiger partial charge >= 0.3 is 5.97 Å². The Labute approximate surface area is 155 Å². The third-order valence-electron chi connectivity index (χ3n) is 3.61. The van der Waals surface area contributed by atoms with Crippen LogP contribution in [-0.2, 0) is 9.53 Å². The largest absolute Gasteiger partial charge is 0.495 e. The van der Waals surface area contributed by atoms with Crippen LogP contribution >= 0.6 is 0 Å². The summed E-state index contributed by atoms with van der Waals surface area (Å²) in [7, 11) is 2.67. The summed E-state index contributed by atoms with van der Waals surface area (Å²) in [6.45, 7) is 1.52. The number of hydrogen-bond donors (Lipinski definition) is 1. The molecule has 2 aromatic carbocycles. The predicted molar refractivity (Wildman–Crippen MR) is 96.1 cm³/mol. The van der Waals surface area contributed by atoms with Crippen molar-refractivity contribution in [1.29, 1.82) is 0 Å². The summed E-state index contributed by atoms with van der Waals surface area (Å²) in [6, 6.07) is 9.95. The van der Waals surface area contributed by atoms with Gasteiger partial charge in [0.05, 0.1) is 30.4 Å². The minimum Gasteiger partial charge on any atom is -0.495 e. The molecule has 0 aliphatic carbocycles. The number of anilines is 1. The number of nitro benzene ring substituents is 1. The van der Waals surface area contributed by atoms with Crippen molar-refractivity contribution in [3.63, 3.8) is 0 Å². The van der Waals surface area contributed by atoms with Crippen LogP contribution in [0.25, 0.3) is 0 Å². The van der Waals surface area contributed by atoms with Gasteiger partial charge in [-0.05, 0) is 37.3 Å². The van der Waals surface area contributed by atoms with E-state index in [0.717, 1.165) is 0 Å². The summed E-state index contributed by atoms with van der Waals surface area (Å²) in [5.74, 6) is -0.351. The summed E-state index contributed by atoms with van der Waals surface area (Å²) < 4.78 is 15.2. The topological polar surface area (TPSA) is 117 Å². The highest BCUT2D eigenvalue weighted by Gasteiger charge is 2.19. The average Bonchev–Trinajstić information content (AvgIpc) is 2.67. The van der Waals surface area contributed by atoms with Gasteiger partial charge in [0.1, 0.15) is 11.5 Å². The Morgan fingerprint density at radius 1 is 1.11 bits per heavy atom. The predicted octanol–water partition coefficient (Wildman–Crippen LogP) is 2.80. The van der Waals surface area contributed by atoms with Crippen LogP contribution in [0.15, 0.2) is 42.5 Å². The number of esters is 1. The van der Waals surface area contributed by atoms with Crippen molar-refractivity contribution in [2.75, 3.05) is 19.5 Å². The zero-order valence-corrected chi connectivity index (χ0v) is 14.9. The Balaban J connectivity index is 2.08. The minimum atomic E-state index is -0.905. The molecule has 0 saturated heterocycles. The van der Waals surface area contributed by atoms with Crippen molar-refractivity contribution in [1.82, 2.24) is 0 Å². The number of carbonyl (C=O) groups excluding carboxylic acids is 2. The lowest BCUT2D eigenvalue weighted by Gasteiger charge is -2.16. The van der Waals surface area contributed by atoms with Gasteiger partial charge in [-0.2, -0.15) is 0 Å². The second-order valence-corrected chi connectivity index (χ2v) is 5.41. The quantitative estimate of drug-likeness (QED) is 0.450. The molecule has 0 unspecified atom stereocenters. The molecule has 142 valence electrons. The number of carbonyl (C=O) groups is 2. The number of non-ortho nitro benzene ring substituents is 1. The summed E-state index contributed by atoms with van der Waals surface area (Å²) in [5, 5.41) is 13.5. The normalized spacial score (nSPS) is 11.2. The van der Waals surface area contributed by atoms with Crippen molar-refractivity contribution in [3.8, 4) is 11.5 Å². The third kappa shape index (κ3) is 4.94. The molecule has 27 heavy (non-hydrogen) atoms. The molecule has 9 heteroatoms. The van der Waals surface area contributed by atoms with Gasteiger partial charge in [0.2, 0.25) is 0 Å². The summed E-state index contributed by atoms with van der Waals surface area (Å²) in [5.41, 5.74) is 0.328. The maximum Gasteiger partial charge on any atom is 0.337 e. The number of nitrogens with zero attached hydrogens (tertiary/aromatic N) is 1. The zero-order chi connectivity index (χ0) is 20.0. The number of nitro groups is 1. The van der Waals surface area contributed by atoms with E-state index in [1.54, 1.807) is 0 Å². The Hall–Kier alpha value is -3.62. The van der Waals surface area contributed by atoms with E-state index in [2.05, 4.69) is 10.1 Å². The van der Waals surface area contributed by atoms with E-state index < -0.39 is 22.9 Å². The number of methoxy groups -OCH3 is 2. The molecule has 0 saturated carbocycles. The Morgan fingerprint density at radius 3 is 2.33 bits per heavy atom. The highest BCUT2D eigenvalue weighted by atomic mass is 16.6. The number of benzene rings is 2. The van der Waals surface area contributed by atoms with Gasteiger partial charge in [-0.25, -0.2) is 4.79 Å². The molecule has 0 aliphatic rings. The van der Waals surface area contributed by atoms with Crippen LogP contribution in [0.5, 0.6) is 11.5 Å². The van der Waals surface area contributed by atoms with E-state index in [4.69, 9.17) is 9.47 Å². The number of rotatable bonds is 7. The maximum absolute atomic E-state index is 12.4. The monoisotopic (exact) mass is 374 g/mol. The molecule has 0 fully saturated rings. The fourth-order valence-corrected chi connectivity index (χ4v) is 2.19. The number of hydrogen-bond acceptors (Lipinski definition) is 7. The van der Waals surface area contributed by atoms with E-state index in [1.807, 2.05) is 0 Å². The summed E-state index contributed by atoms with van der Waals surface area (Å²) >= 11 is 0. The maximum atomic E-state index is 12.4. The van der Waals surface area contributed by atoms with Crippen molar-refractivity contribution >= 4 is 23.3 Å². The molecule has 2 aromatic rings. The molecule has 1 atom stereocenters. The number of amides is 1. The van der Waals surface area contributed by atoms with Crippen LogP contribution in [-0.4, -0.2) is 37.1 Å². The van der Waals surface area contributed by atoms with Crippen LogP contribution in [0.2, 0.25) is 0 Å². The second-order valence-electron chi connectivity index (χ2n) is 5.41. The Bertz CT molecular complexity index is 849. The molecular formula is C18H18N2O7. The highest BCUT2D eigenvalue weighted by molar-refractivity contribution is 5.95. The molecule has 0 heterocycles. The van der Waals surface area contributed by atoms with Crippen LogP contribution in [0.4, 0.5) is 11.4 Å². The van der Waals surface area contributed by atoms with Gasteiger partial charge in [-0.3, -0.25) is 14.9 Å². The van der Waals surface area contributed by atoms with Crippen molar-refractivity contribution < 1.29 is 28.7 Å². The highest BCUT2D eigenvalue weighted by Crippen LogP contribution is 2.29. The molecule has 9 nitrogen and oxygen atoms in total. The first-order valence-corrected chi connectivity index (χ1v) is 7.84. The smallest absolute Gasteiger partial charge is 0.337 e. The van der Waals surface area contributed by atoms with Gasteiger partial charge < -0.3 is 19.5 Å². The lowest BCUT2D eigenvalue weighted by Crippen LogP contribution is -2.30. The first-order chi connectivity index (χ1) is 12.8. The molecular weight excluding hydrogens is 356 g/mol. The molecule has 2 rings (SSSR count). The van der Waals surface area contributed by atoms with Gasteiger partial charge in [-0.15, -0.1) is 0 Å². The average molecular weight is 374 g/mol. The van der Waals surface area contributed by atoms with E-state index >= 15 is 0 Å². The van der Waals surface area contributed by atoms with Crippen LogP contribution < -0.4 is 14.8 Å².